The van der Waals surface area contributed by atoms with Gasteiger partial charge in [-0.15, -0.1) is 0 Å². The van der Waals surface area contributed by atoms with Crippen LogP contribution in [0.25, 0.3) is 0 Å². The van der Waals surface area contributed by atoms with Crippen molar-refractivity contribution in [3.8, 4) is 11.5 Å². The first-order valence-corrected chi connectivity index (χ1v) is 9.78. The molecular weight excluding hydrogens is 354 g/mol. The zero-order chi connectivity index (χ0) is 19.6. The molecule has 0 spiro atoms. The lowest BCUT2D eigenvalue weighted by Gasteiger charge is -2.39. The van der Waals surface area contributed by atoms with Crippen molar-refractivity contribution in [2.75, 3.05) is 26.7 Å². The van der Waals surface area contributed by atoms with Gasteiger partial charge in [0.05, 0.1) is 5.54 Å². The molecule has 1 amide bonds. The van der Waals surface area contributed by atoms with Gasteiger partial charge in [0.1, 0.15) is 6.61 Å². The first kappa shape index (κ1) is 18.8. The summed E-state index contributed by atoms with van der Waals surface area (Å²) < 4.78 is 11.9. The molecule has 6 nitrogen and oxygen atoms in total. The maximum Gasteiger partial charge on any atom is 0.237 e. The number of likely N-dealkylation sites (N-methyl/N-ethyl adjacent to an activating group) is 1. The Balaban J connectivity index is 1.35. The van der Waals surface area contributed by atoms with Gasteiger partial charge in [0, 0.05) is 19.6 Å². The van der Waals surface area contributed by atoms with Crippen molar-refractivity contribution >= 4 is 5.91 Å². The second-order valence-corrected chi connectivity index (χ2v) is 7.58. The molecule has 0 aliphatic carbocycles. The summed E-state index contributed by atoms with van der Waals surface area (Å²) in [6.45, 7) is 3.08. The van der Waals surface area contributed by atoms with Crippen LogP contribution in [-0.2, 0) is 11.3 Å². The highest BCUT2D eigenvalue weighted by atomic mass is 16.6. The Morgan fingerprint density at radius 1 is 1.14 bits per heavy atom. The molecule has 1 atom stereocenters. The minimum absolute atomic E-state index is 0.0919. The standard InChI is InChI=1S/C22H27N3O3/c1-24-22(21(23)26)10-12-25(13-11-22)14-16-6-8-17(9-7-16)20-15-27-18-4-2-3-5-19(18)28-20/h2-9,20,24H,10-15H2,1H3,(H2,23,26). The predicted molar refractivity (Wildman–Crippen MR) is 107 cm³/mol. The van der Waals surface area contributed by atoms with Crippen LogP contribution in [0.3, 0.4) is 0 Å². The van der Waals surface area contributed by atoms with Crippen LogP contribution in [0.15, 0.2) is 48.5 Å². The highest BCUT2D eigenvalue weighted by molar-refractivity contribution is 5.84. The molecule has 148 valence electrons. The molecule has 0 aromatic heterocycles. The van der Waals surface area contributed by atoms with Crippen molar-refractivity contribution in [1.82, 2.24) is 10.2 Å². The number of hydrogen-bond acceptors (Lipinski definition) is 5. The normalized spacial score (nSPS) is 21.2. The summed E-state index contributed by atoms with van der Waals surface area (Å²) in [5.74, 6) is 1.34. The Labute approximate surface area is 165 Å². The van der Waals surface area contributed by atoms with E-state index in [2.05, 4.69) is 34.5 Å². The fourth-order valence-corrected chi connectivity index (χ4v) is 3.99. The van der Waals surface area contributed by atoms with Crippen molar-refractivity contribution in [2.45, 2.75) is 31.0 Å². The maximum absolute atomic E-state index is 11.8. The predicted octanol–water partition coefficient (Wildman–Crippen LogP) is 2.24. The quantitative estimate of drug-likeness (QED) is 0.831. The lowest BCUT2D eigenvalue weighted by molar-refractivity contribution is -0.126. The topological polar surface area (TPSA) is 76.8 Å². The van der Waals surface area contributed by atoms with Crippen molar-refractivity contribution in [1.29, 1.82) is 0 Å². The molecule has 28 heavy (non-hydrogen) atoms. The van der Waals surface area contributed by atoms with Gasteiger partial charge in [-0.25, -0.2) is 0 Å². The maximum atomic E-state index is 11.8. The number of nitrogens with zero attached hydrogens (tertiary/aromatic N) is 1. The average Bonchev–Trinajstić information content (AvgIpc) is 2.74. The Morgan fingerprint density at radius 3 is 2.46 bits per heavy atom. The molecule has 6 heteroatoms. The van der Waals surface area contributed by atoms with E-state index in [1.807, 2.05) is 31.3 Å². The van der Waals surface area contributed by atoms with E-state index < -0.39 is 5.54 Å². The Morgan fingerprint density at radius 2 is 1.82 bits per heavy atom. The van der Waals surface area contributed by atoms with Gasteiger partial charge in [0.2, 0.25) is 5.91 Å². The van der Waals surface area contributed by atoms with E-state index in [0.717, 1.165) is 49.5 Å². The Hall–Kier alpha value is -2.57. The molecule has 2 aromatic carbocycles. The minimum Gasteiger partial charge on any atom is -0.485 e. The lowest BCUT2D eigenvalue weighted by atomic mass is 9.87. The SMILES string of the molecule is CNC1(C(N)=O)CCN(Cc2ccc(C3COc4ccccc4O3)cc2)CC1. The van der Waals surface area contributed by atoms with Gasteiger partial charge in [0.15, 0.2) is 17.6 Å². The number of likely N-dealkylation sites (tertiary alicyclic amines) is 1. The third kappa shape index (κ3) is 3.70. The van der Waals surface area contributed by atoms with Crippen LogP contribution in [-0.4, -0.2) is 43.1 Å². The average molecular weight is 381 g/mol. The van der Waals surface area contributed by atoms with E-state index >= 15 is 0 Å². The number of hydrogen-bond donors (Lipinski definition) is 2. The van der Waals surface area contributed by atoms with Crippen molar-refractivity contribution in [3.05, 3.63) is 59.7 Å². The molecule has 4 rings (SSSR count). The van der Waals surface area contributed by atoms with Gasteiger partial charge >= 0.3 is 0 Å². The summed E-state index contributed by atoms with van der Waals surface area (Å²) in [6.07, 6.45) is 1.39. The largest absolute Gasteiger partial charge is 0.485 e. The number of nitrogens with two attached hydrogens (primary N) is 1. The molecule has 1 fully saturated rings. The molecule has 2 heterocycles. The van der Waals surface area contributed by atoms with Crippen LogP contribution in [0.4, 0.5) is 0 Å². The van der Waals surface area contributed by atoms with E-state index in [9.17, 15) is 4.79 Å². The summed E-state index contributed by atoms with van der Waals surface area (Å²) in [4.78, 5) is 14.1. The van der Waals surface area contributed by atoms with Crippen LogP contribution >= 0.6 is 0 Å². The third-order valence-electron chi connectivity index (χ3n) is 5.93. The smallest absolute Gasteiger partial charge is 0.237 e. The highest BCUT2D eigenvalue weighted by Gasteiger charge is 2.38. The van der Waals surface area contributed by atoms with Crippen LogP contribution in [0.2, 0.25) is 0 Å². The molecule has 2 aliphatic rings. The number of amides is 1. The number of para-hydroxylation sites is 2. The minimum atomic E-state index is -0.561. The molecule has 1 saturated heterocycles. The molecular formula is C22H27N3O3. The molecule has 0 radical (unpaired) electrons. The van der Waals surface area contributed by atoms with E-state index in [4.69, 9.17) is 15.2 Å². The molecule has 3 N–H and O–H groups in total. The van der Waals surface area contributed by atoms with Gasteiger partial charge in [-0.3, -0.25) is 9.69 Å². The first-order chi connectivity index (χ1) is 13.6. The van der Waals surface area contributed by atoms with E-state index in [-0.39, 0.29) is 12.0 Å². The summed E-state index contributed by atoms with van der Waals surface area (Å²) in [5.41, 5.74) is 7.38. The number of ether oxygens (including phenoxy) is 2. The number of nitrogens with one attached hydrogen (secondary N) is 1. The van der Waals surface area contributed by atoms with Gasteiger partial charge in [-0.1, -0.05) is 36.4 Å². The van der Waals surface area contributed by atoms with Crippen LogP contribution in [0, 0.1) is 0 Å². The summed E-state index contributed by atoms with van der Waals surface area (Å²) in [6, 6.07) is 16.3. The van der Waals surface area contributed by atoms with Crippen molar-refractivity contribution in [3.63, 3.8) is 0 Å². The van der Waals surface area contributed by atoms with Gasteiger partial charge < -0.3 is 20.5 Å². The Kier molecular flexibility index (Phi) is 5.24. The summed E-state index contributed by atoms with van der Waals surface area (Å²) in [7, 11) is 1.81. The molecule has 0 bridgehead atoms. The number of piperidine rings is 1. The van der Waals surface area contributed by atoms with Gasteiger partial charge in [-0.05, 0) is 43.1 Å². The molecule has 0 saturated carbocycles. The molecule has 1 unspecified atom stereocenters. The van der Waals surface area contributed by atoms with Crippen molar-refractivity contribution in [2.24, 2.45) is 5.73 Å². The fraction of sp³-hybridized carbons (Fsp3) is 0.409. The first-order valence-electron chi connectivity index (χ1n) is 9.78. The number of carbonyl (C=O) groups is 1. The van der Waals surface area contributed by atoms with Crippen molar-refractivity contribution < 1.29 is 14.3 Å². The molecule has 2 aliphatic heterocycles. The lowest BCUT2D eigenvalue weighted by Crippen LogP contribution is -2.59. The fourth-order valence-electron chi connectivity index (χ4n) is 3.99. The summed E-state index contributed by atoms with van der Waals surface area (Å²) in [5, 5.41) is 3.13. The van der Waals surface area contributed by atoms with E-state index in [0.29, 0.717) is 6.61 Å². The van der Waals surface area contributed by atoms with E-state index in [1.165, 1.54) is 5.56 Å². The molecule has 2 aromatic rings. The van der Waals surface area contributed by atoms with Crippen LogP contribution < -0.4 is 20.5 Å². The zero-order valence-corrected chi connectivity index (χ0v) is 16.2. The number of rotatable bonds is 5. The van der Waals surface area contributed by atoms with Gasteiger partial charge in [0.25, 0.3) is 0 Å². The highest BCUT2D eigenvalue weighted by Crippen LogP contribution is 2.35. The van der Waals surface area contributed by atoms with E-state index in [1.54, 1.807) is 0 Å². The third-order valence-corrected chi connectivity index (χ3v) is 5.93. The number of primary amides is 1. The van der Waals surface area contributed by atoms with Gasteiger partial charge in [-0.2, -0.15) is 0 Å². The van der Waals surface area contributed by atoms with Crippen LogP contribution in [0.5, 0.6) is 11.5 Å². The zero-order valence-electron chi connectivity index (χ0n) is 16.2. The number of fused-ring (bicyclic) bond motifs is 1. The summed E-state index contributed by atoms with van der Waals surface area (Å²) >= 11 is 0. The Bertz CT molecular complexity index is 829. The van der Waals surface area contributed by atoms with Crippen LogP contribution in [0.1, 0.15) is 30.1 Å². The number of benzene rings is 2. The second kappa shape index (κ2) is 7.81. The monoisotopic (exact) mass is 381 g/mol. The number of carbonyl (C=O) groups excluding carboxylic acids is 1. The second-order valence-electron chi connectivity index (χ2n) is 7.58.